The van der Waals surface area contributed by atoms with Crippen molar-refractivity contribution in [2.24, 2.45) is 0 Å². The van der Waals surface area contributed by atoms with E-state index >= 15 is 0 Å². The van der Waals surface area contributed by atoms with Crippen LogP contribution in [-0.2, 0) is 70.0 Å². The van der Waals surface area contributed by atoms with E-state index in [-0.39, 0.29) is 34.9 Å². The van der Waals surface area contributed by atoms with Crippen LogP contribution in [0, 0.1) is 6.92 Å². The van der Waals surface area contributed by atoms with Gasteiger partial charge in [-0.15, -0.1) is 5.06 Å². The Morgan fingerprint density at radius 1 is 0.787 bits per heavy atom. The number of methoxy groups -OCH3 is 1. The smallest absolute Gasteiger partial charge is 0.333 e. The molecule has 4 N–H and O–H groups in total. The number of rotatable bonds is 23. The Kier molecular flexibility index (Phi) is 16.8. The van der Waals surface area contributed by atoms with Crippen LogP contribution in [0.2, 0.25) is 0 Å². The summed E-state index contributed by atoms with van der Waals surface area (Å²) in [4.78, 5) is 47.5. The fraction of sp³-hybridized carbons (Fsp3) is 0.396. The highest BCUT2D eigenvalue weighted by molar-refractivity contribution is 7.87. The van der Waals surface area contributed by atoms with Crippen molar-refractivity contribution in [3.63, 3.8) is 0 Å². The first-order valence-electron chi connectivity index (χ1n) is 24.4. The second kappa shape index (κ2) is 22.2. The highest BCUT2D eigenvalue weighted by Crippen LogP contribution is 2.54. The Balaban J connectivity index is 1.23. The van der Waals surface area contributed by atoms with Gasteiger partial charge in [0.25, 0.3) is 42.2 Å². The number of nitrogens with one attached hydrogen (secondary N) is 1. The Morgan fingerprint density at radius 2 is 1.43 bits per heavy atom. The summed E-state index contributed by atoms with van der Waals surface area (Å²) in [5, 5.41) is 2.24. The van der Waals surface area contributed by atoms with Gasteiger partial charge in [0, 0.05) is 86.2 Å². The molecule has 7 rings (SSSR count). The summed E-state index contributed by atoms with van der Waals surface area (Å²) in [5.41, 5.74) is 6.44. The zero-order valence-electron chi connectivity index (χ0n) is 42.7. The molecule has 1 atom stereocenters. The van der Waals surface area contributed by atoms with Crippen LogP contribution in [0.1, 0.15) is 102 Å². The molecular formula is C53H63N4O15S3+. The molecule has 4 aromatic carbocycles. The van der Waals surface area contributed by atoms with Gasteiger partial charge in [0.15, 0.2) is 5.71 Å². The Morgan fingerprint density at radius 3 is 2.08 bits per heavy atom. The molecule has 3 aliphatic heterocycles. The molecule has 22 heteroatoms. The number of carbonyl (C=O) groups is 3. The van der Waals surface area contributed by atoms with E-state index in [1.807, 2.05) is 61.4 Å². The summed E-state index contributed by atoms with van der Waals surface area (Å²) in [6.45, 7) is 13.4. The number of hydroxylamine groups is 3. The maximum absolute atomic E-state index is 12.8. The summed E-state index contributed by atoms with van der Waals surface area (Å²) in [5.74, 6) is -1.33. The number of anilines is 1. The van der Waals surface area contributed by atoms with Crippen LogP contribution < -0.4 is 10.4 Å². The highest BCUT2D eigenvalue weighted by Gasteiger charge is 2.46. The molecule has 0 spiro atoms. The van der Waals surface area contributed by atoms with Crippen molar-refractivity contribution < 1.29 is 72.3 Å². The number of likely N-dealkylation sites (N-methyl/N-ethyl adjacent to an activating group) is 1. The third-order valence-electron chi connectivity index (χ3n) is 14.1. The van der Waals surface area contributed by atoms with Gasteiger partial charge in [-0.1, -0.05) is 43.7 Å². The number of hydrogen-bond donors (Lipinski definition) is 4. The lowest BCUT2D eigenvalue weighted by molar-refractivity contribution is -0.438. The number of benzene rings is 4. The lowest BCUT2D eigenvalue weighted by Gasteiger charge is -2.29. The van der Waals surface area contributed by atoms with Crippen LogP contribution in [-0.4, -0.2) is 106 Å². The van der Waals surface area contributed by atoms with E-state index in [0.29, 0.717) is 90.9 Å². The normalized spacial score (nSPS) is 18.4. The van der Waals surface area contributed by atoms with Gasteiger partial charge in [-0.25, -0.2) is 4.79 Å². The predicted octanol–water partition coefficient (Wildman–Crippen LogP) is 8.23. The van der Waals surface area contributed by atoms with Gasteiger partial charge >= 0.3 is 5.97 Å². The van der Waals surface area contributed by atoms with E-state index in [1.165, 1.54) is 24.3 Å². The third-order valence-corrected chi connectivity index (χ3v) is 16.7. The Bertz CT molecular complexity index is 3460. The first-order chi connectivity index (χ1) is 35.2. The number of carbonyl (C=O) groups excluding carboxylic acids is 3. The van der Waals surface area contributed by atoms with E-state index in [1.54, 1.807) is 20.1 Å². The highest BCUT2D eigenvalue weighted by atomic mass is 32.2. The molecule has 1 unspecified atom stereocenters. The number of unbranched alkanes of at least 4 members (excludes halogenated alkanes) is 3. The molecule has 0 aromatic heterocycles. The van der Waals surface area contributed by atoms with E-state index in [2.05, 4.69) is 30.5 Å². The summed E-state index contributed by atoms with van der Waals surface area (Å²) in [6.07, 6.45) is 13.0. The first kappa shape index (κ1) is 56.6. The number of nitrogens with zero attached hydrogens (tertiary/aromatic N) is 3. The van der Waals surface area contributed by atoms with Crippen molar-refractivity contribution >= 4 is 86.8 Å². The zero-order chi connectivity index (χ0) is 54.8. The van der Waals surface area contributed by atoms with Gasteiger partial charge in [-0.2, -0.15) is 35.3 Å². The summed E-state index contributed by atoms with van der Waals surface area (Å²) in [6, 6.07) is 12.0. The van der Waals surface area contributed by atoms with Crippen LogP contribution in [0.5, 0.6) is 0 Å². The molecule has 0 bridgehead atoms. The quantitative estimate of drug-likeness (QED) is 0.0104. The maximum Gasteiger partial charge on any atom is 0.333 e. The predicted molar refractivity (Wildman–Crippen MR) is 281 cm³/mol. The Hall–Kier alpha value is -6.11. The fourth-order valence-corrected chi connectivity index (χ4v) is 12.5. The van der Waals surface area contributed by atoms with Gasteiger partial charge in [-0.3, -0.25) is 23.2 Å². The van der Waals surface area contributed by atoms with Crippen LogP contribution in [0.25, 0.3) is 21.5 Å². The molecule has 0 aliphatic carbocycles. The topological polar surface area (TPSA) is 264 Å². The second-order valence-corrected chi connectivity index (χ2v) is 23.9. The van der Waals surface area contributed by atoms with Crippen LogP contribution >= 0.6 is 0 Å². The molecule has 402 valence electrons. The van der Waals surface area contributed by atoms with E-state index in [9.17, 15) is 53.3 Å². The van der Waals surface area contributed by atoms with Crippen LogP contribution in [0.15, 0.2) is 112 Å². The van der Waals surface area contributed by atoms with Crippen molar-refractivity contribution in [3.8, 4) is 0 Å². The number of ether oxygens (including phenoxy) is 1. The summed E-state index contributed by atoms with van der Waals surface area (Å²) in [7, 11) is -11.1. The first-order valence-corrected chi connectivity index (χ1v) is 28.7. The average molecular weight is 1090 g/mol. The van der Waals surface area contributed by atoms with Crippen LogP contribution in [0.4, 0.5) is 11.4 Å². The molecule has 4 aromatic rings. The molecule has 3 heterocycles. The van der Waals surface area contributed by atoms with Gasteiger partial charge in [0.05, 0.1) is 28.4 Å². The molecule has 1 fully saturated rings. The van der Waals surface area contributed by atoms with Crippen molar-refractivity contribution in [2.45, 2.75) is 117 Å². The SMILES string of the molecule is C=C(CCCC[N+]1=C(/C=C/C=C/C=C2\N(C)c3ccc4c(S(=O)(=O)O)cc(S(=O)(=O)O)cc4c3C2(C)CCCCCC(=O)ON2C(=O)CCC2=O)C(C)(C)c2c1ccc1c(C)cc(S(=O)(=O)O)cc21)ONCCOC. The zero-order valence-corrected chi connectivity index (χ0v) is 45.2. The van der Waals surface area contributed by atoms with Crippen molar-refractivity contribution in [1.82, 2.24) is 10.5 Å². The standard InChI is InChI=1S/C53H62N4O15S3/c1-34-30-36(73(61,62)63)31-40-38(34)20-23-43-50(40)52(3,4)45(56(43)28-15-13-16-35(2)71-54-27-29-70-7)17-10-8-11-18-46-53(5,26-14-9-12-19-49(60)72-57-47(58)24-25-48(57)59)51-41-32-37(74(64,65)66)33-44(75(67,68)69)39(41)21-22-42(51)55(46)6/h8,10-11,17-18,20-23,30-33,54H,2,9,12-16,19,24-29H2,1,3-7H3,(H2-,61,62,63,64,65,66,67,68,69)/p+1. The average Bonchev–Trinajstić information content (AvgIpc) is 3.85. The monoisotopic (exact) mass is 1090 g/mol. The Labute approximate surface area is 437 Å². The maximum atomic E-state index is 12.8. The van der Waals surface area contributed by atoms with Gasteiger partial charge < -0.3 is 19.3 Å². The summed E-state index contributed by atoms with van der Waals surface area (Å²) < 4.78 is 114. The minimum atomic E-state index is -5.00. The molecule has 2 amide bonds. The van der Waals surface area contributed by atoms with Gasteiger partial charge in [0.1, 0.15) is 17.2 Å². The molecule has 19 nitrogen and oxygen atoms in total. The largest absolute Gasteiger partial charge is 0.414 e. The van der Waals surface area contributed by atoms with E-state index < -0.39 is 68.8 Å². The summed E-state index contributed by atoms with van der Waals surface area (Å²) >= 11 is 0. The third kappa shape index (κ3) is 12.0. The van der Waals surface area contributed by atoms with Crippen molar-refractivity contribution in [1.29, 1.82) is 0 Å². The van der Waals surface area contributed by atoms with E-state index in [4.69, 9.17) is 14.4 Å². The minimum Gasteiger partial charge on any atom is -0.414 e. The molecule has 75 heavy (non-hydrogen) atoms. The number of allylic oxidation sites excluding steroid dienone is 7. The lowest BCUT2D eigenvalue weighted by atomic mass is 9.75. The fourth-order valence-electron chi connectivity index (χ4n) is 10.5. The lowest BCUT2D eigenvalue weighted by Crippen LogP contribution is -2.31. The van der Waals surface area contributed by atoms with E-state index in [0.717, 1.165) is 40.9 Å². The molecule has 1 saturated heterocycles. The second-order valence-electron chi connectivity index (χ2n) is 19.6. The van der Waals surface area contributed by atoms with Crippen molar-refractivity contribution in [3.05, 3.63) is 114 Å². The number of hydrogen-bond acceptors (Lipinski definition) is 14. The molecular weight excluding hydrogens is 1030 g/mol. The number of imide groups is 1. The van der Waals surface area contributed by atoms with Crippen molar-refractivity contribution in [2.75, 3.05) is 38.8 Å². The molecule has 0 saturated carbocycles. The van der Waals surface area contributed by atoms with Gasteiger partial charge in [0.2, 0.25) is 5.69 Å². The number of fused-ring (bicyclic) bond motifs is 6. The minimum absolute atomic E-state index is 0.0314. The van der Waals surface area contributed by atoms with Crippen LogP contribution in [0.3, 0.4) is 0 Å². The molecule has 3 aliphatic rings. The number of aryl methyl sites for hydroxylation is 1. The molecule has 0 radical (unpaired) electrons. The van der Waals surface area contributed by atoms with Gasteiger partial charge in [-0.05, 0) is 117 Å². The number of amides is 2.